The summed E-state index contributed by atoms with van der Waals surface area (Å²) < 4.78 is 1.73. The standard InChI is InChI=1S/C23H25N3O2/c27-21-16-25-26(20-11-5-4-10-19(20)21)15-12-22(28)24-17-23(13-6-7-14-23)18-8-2-1-3-9-18/h1-5,8-11,16H,6-7,12-15,17H2,(H,24,28). The molecule has 0 bridgehead atoms. The number of aromatic nitrogens is 2. The van der Waals surface area contributed by atoms with Crippen molar-refractivity contribution in [3.8, 4) is 0 Å². The fourth-order valence-electron chi connectivity index (χ4n) is 4.31. The van der Waals surface area contributed by atoms with Gasteiger partial charge in [0.2, 0.25) is 11.3 Å². The van der Waals surface area contributed by atoms with E-state index >= 15 is 0 Å². The third-order valence-electron chi connectivity index (χ3n) is 5.88. The summed E-state index contributed by atoms with van der Waals surface area (Å²) in [5, 5.41) is 7.98. The normalized spacial score (nSPS) is 15.6. The monoisotopic (exact) mass is 375 g/mol. The highest BCUT2D eigenvalue weighted by molar-refractivity contribution is 5.79. The van der Waals surface area contributed by atoms with Gasteiger partial charge in [0, 0.05) is 23.8 Å². The molecule has 2 aromatic carbocycles. The Hall–Kier alpha value is -2.95. The molecule has 1 N–H and O–H groups in total. The Morgan fingerprint density at radius 1 is 1.04 bits per heavy atom. The lowest BCUT2D eigenvalue weighted by Crippen LogP contribution is -2.39. The number of hydrogen-bond donors (Lipinski definition) is 1. The fourth-order valence-corrected chi connectivity index (χ4v) is 4.31. The summed E-state index contributed by atoms with van der Waals surface area (Å²) in [5.41, 5.74) is 2.04. The summed E-state index contributed by atoms with van der Waals surface area (Å²) in [5.74, 6) is 0.0202. The fraction of sp³-hybridized carbons (Fsp3) is 0.348. The quantitative estimate of drug-likeness (QED) is 0.718. The van der Waals surface area contributed by atoms with E-state index in [0.717, 1.165) is 18.4 Å². The van der Waals surface area contributed by atoms with Gasteiger partial charge < -0.3 is 5.32 Å². The maximum atomic E-state index is 12.5. The Labute approximate surface area is 164 Å². The van der Waals surface area contributed by atoms with Gasteiger partial charge >= 0.3 is 0 Å². The lowest BCUT2D eigenvalue weighted by Gasteiger charge is -2.30. The Kier molecular flexibility index (Phi) is 5.24. The predicted molar refractivity (Wildman–Crippen MR) is 110 cm³/mol. The van der Waals surface area contributed by atoms with Gasteiger partial charge in [-0.1, -0.05) is 55.3 Å². The predicted octanol–water partition coefficient (Wildman–Crippen LogP) is 3.41. The van der Waals surface area contributed by atoms with E-state index in [2.05, 4.69) is 34.7 Å². The molecule has 3 aromatic rings. The van der Waals surface area contributed by atoms with Crippen molar-refractivity contribution >= 4 is 16.8 Å². The molecule has 0 aliphatic heterocycles. The second kappa shape index (κ2) is 7.97. The number of rotatable bonds is 6. The molecule has 1 saturated carbocycles. The maximum absolute atomic E-state index is 12.5. The summed E-state index contributed by atoms with van der Waals surface area (Å²) in [6.07, 6.45) is 6.30. The molecule has 1 aliphatic carbocycles. The first-order valence-electron chi connectivity index (χ1n) is 9.95. The highest BCUT2D eigenvalue weighted by Crippen LogP contribution is 2.40. The number of nitrogens with one attached hydrogen (secondary N) is 1. The Balaban J connectivity index is 1.41. The Morgan fingerprint density at radius 2 is 1.75 bits per heavy atom. The van der Waals surface area contributed by atoms with Crippen LogP contribution in [0.3, 0.4) is 0 Å². The third-order valence-corrected chi connectivity index (χ3v) is 5.88. The van der Waals surface area contributed by atoms with Gasteiger partial charge in [-0.05, 0) is 30.5 Å². The van der Waals surface area contributed by atoms with Crippen LogP contribution < -0.4 is 10.7 Å². The summed E-state index contributed by atoms with van der Waals surface area (Å²) in [6.45, 7) is 1.12. The van der Waals surface area contributed by atoms with Crippen LogP contribution in [0.25, 0.3) is 10.9 Å². The van der Waals surface area contributed by atoms with E-state index < -0.39 is 0 Å². The number of nitrogens with zero attached hydrogens (tertiary/aromatic N) is 2. The van der Waals surface area contributed by atoms with E-state index in [9.17, 15) is 9.59 Å². The second-order valence-electron chi connectivity index (χ2n) is 7.63. The molecule has 1 aliphatic rings. The van der Waals surface area contributed by atoms with Crippen LogP contribution in [0.5, 0.6) is 0 Å². The van der Waals surface area contributed by atoms with E-state index in [1.54, 1.807) is 10.7 Å². The molecular formula is C23H25N3O2. The summed E-state index contributed by atoms with van der Waals surface area (Å²) in [6, 6.07) is 17.9. The molecule has 144 valence electrons. The van der Waals surface area contributed by atoms with Crippen molar-refractivity contribution in [3.05, 3.63) is 76.6 Å². The first-order valence-corrected chi connectivity index (χ1v) is 9.95. The van der Waals surface area contributed by atoms with Gasteiger partial charge in [-0.3, -0.25) is 14.3 Å². The van der Waals surface area contributed by atoms with Gasteiger partial charge in [-0.25, -0.2) is 0 Å². The molecule has 1 heterocycles. The maximum Gasteiger partial charge on any atom is 0.221 e. The van der Waals surface area contributed by atoms with Gasteiger partial charge in [0.05, 0.1) is 18.3 Å². The number of fused-ring (bicyclic) bond motifs is 1. The number of amides is 1. The van der Waals surface area contributed by atoms with Crippen LogP contribution in [-0.2, 0) is 16.8 Å². The van der Waals surface area contributed by atoms with Crippen LogP contribution in [0.1, 0.15) is 37.7 Å². The molecule has 5 nitrogen and oxygen atoms in total. The van der Waals surface area contributed by atoms with Crippen molar-refractivity contribution < 1.29 is 4.79 Å². The number of aryl methyl sites for hydroxylation is 1. The van der Waals surface area contributed by atoms with Crippen molar-refractivity contribution in [1.82, 2.24) is 15.1 Å². The van der Waals surface area contributed by atoms with Crippen LogP contribution in [0.15, 0.2) is 65.6 Å². The molecule has 0 spiro atoms. The Bertz CT molecular complexity index is 1020. The first-order chi connectivity index (χ1) is 13.7. The SMILES string of the molecule is O=C(CCn1ncc(=O)c2ccccc21)NCC1(c2ccccc2)CCCC1. The van der Waals surface area contributed by atoms with E-state index in [0.29, 0.717) is 24.9 Å². The average molecular weight is 375 g/mol. The smallest absolute Gasteiger partial charge is 0.221 e. The van der Waals surface area contributed by atoms with Crippen molar-refractivity contribution in [2.75, 3.05) is 6.54 Å². The van der Waals surface area contributed by atoms with Crippen LogP contribution in [-0.4, -0.2) is 22.2 Å². The number of carbonyl (C=O) groups is 1. The topological polar surface area (TPSA) is 64.0 Å². The molecule has 0 unspecified atom stereocenters. The van der Waals surface area contributed by atoms with Gasteiger partial charge in [-0.2, -0.15) is 5.10 Å². The molecule has 4 rings (SSSR count). The van der Waals surface area contributed by atoms with Crippen molar-refractivity contribution in [3.63, 3.8) is 0 Å². The number of hydrogen-bond acceptors (Lipinski definition) is 3. The van der Waals surface area contributed by atoms with Gasteiger partial charge in [-0.15, -0.1) is 0 Å². The molecule has 0 saturated heterocycles. The van der Waals surface area contributed by atoms with Crippen molar-refractivity contribution in [2.45, 2.75) is 44.1 Å². The summed E-state index contributed by atoms with van der Waals surface area (Å²) in [4.78, 5) is 24.5. The molecule has 5 heteroatoms. The van der Waals surface area contributed by atoms with Crippen LogP contribution in [0, 0.1) is 0 Å². The number of carbonyl (C=O) groups excluding carboxylic acids is 1. The minimum absolute atomic E-state index is 0.0202. The van der Waals surface area contributed by atoms with E-state index in [4.69, 9.17) is 0 Å². The Morgan fingerprint density at radius 3 is 2.54 bits per heavy atom. The summed E-state index contributed by atoms with van der Waals surface area (Å²) in [7, 11) is 0. The van der Waals surface area contributed by atoms with Gasteiger partial charge in [0.25, 0.3) is 0 Å². The zero-order chi connectivity index (χ0) is 19.4. The first kappa shape index (κ1) is 18.4. The summed E-state index contributed by atoms with van der Waals surface area (Å²) >= 11 is 0. The molecule has 1 amide bonds. The third kappa shape index (κ3) is 3.70. The zero-order valence-electron chi connectivity index (χ0n) is 15.9. The highest BCUT2D eigenvalue weighted by Gasteiger charge is 2.35. The molecule has 0 radical (unpaired) electrons. The van der Waals surface area contributed by atoms with Crippen molar-refractivity contribution in [2.24, 2.45) is 0 Å². The van der Waals surface area contributed by atoms with Crippen LogP contribution >= 0.6 is 0 Å². The molecule has 0 atom stereocenters. The van der Waals surface area contributed by atoms with Gasteiger partial charge in [0.15, 0.2) is 0 Å². The van der Waals surface area contributed by atoms with Crippen molar-refractivity contribution in [1.29, 1.82) is 0 Å². The molecule has 1 aromatic heterocycles. The largest absolute Gasteiger partial charge is 0.355 e. The van der Waals surface area contributed by atoms with E-state index in [1.165, 1.54) is 24.6 Å². The highest BCUT2D eigenvalue weighted by atomic mass is 16.1. The lowest BCUT2D eigenvalue weighted by molar-refractivity contribution is -0.121. The molecular weight excluding hydrogens is 350 g/mol. The average Bonchev–Trinajstić information content (AvgIpc) is 3.23. The second-order valence-corrected chi connectivity index (χ2v) is 7.63. The van der Waals surface area contributed by atoms with E-state index in [-0.39, 0.29) is 16.8 Å². The molecule has 28 heavy (non-hydrogen) atoms. The minimum Gasteiger partial charge on any atom is -0.355 e. The molecule has 1 fully saturated rings. The minimum atomic E-state index is -0.0951. The zero-order valence-corrected chi connectivity index (χ0v) is 15.9. The van der Waals surface area contributed by atoms with E-state index in [1.807, 2.05) is 24.3 Å². The number of para-hydroxylation sites is 1. The van der Waals surface area contributed by atoms with Crippen LogP contribution in [0.4, 0.5) is 0 Å². The van der Waals surface area contributed by atoms with Crippen LogP contribution in [0.2, 0.25) is 0 Å². The number of benzene rings is 2. The lowest BCUT2D eigenvalue weighted by atomic mass is 9.79. The van der Waals surface area contributed by atoms with Gasteiger partial charge in [0.1, 0.15) is 0 Å².